The van der Waals surface area contributed by atoms with Gasteiger partial charge in [0.05, 0.1) is 16.1 Å². The molecule has 0 unspecified atom stereocenters. The second-order valence-corrected chi connectivity index (χ2v) is 8.66. The minimum atomic E-state index is -3.69. The maximum atomic E-state index is 12.6. The number of hydrogen-bond acceptors (Lipinski definition) is 4. The molecular formula is C20H25N3O3S. The molecule has 144 valence electrons. The molecule has 4 N–H and O–H groups in total. The van der Waals surface area contributed by atoms with E-state index < -0.39 is 15.6 Å². The summed E-state index contributed by atoms with van der Waals surface area (Å²) in [5.74, 6) is -0.178. The highest BCUT2D eigenvalue weighted by Gasteiger charge is 2.35. The van der Waals surface area contributed by atoms with Gasteiger partial charge in [-0.3, -0.25) is 9.52 Å². The Hall–Kier alpha value is -2.38. The predicted octanol–water partition coefficient (Wildman–Crippen LogP) is 2.77. The normalized spacial score (nSPS) is 16.5. The van der Waals surface area contributed by atoms with Crippen molar-refractivity contribution in [1.29, 1.82) is 0 Å². The number of sulfonamides is 1. The van der Waals surface area contributed by atoms with Crippen LogP contribution in [0.5, 0.6) is 0 Å². The third-order valence-corrected chi connectivity index (χ3v) is 6.33. The zero-order valence-electron chi connectivity index (χ0n) is 15.1. The van der Waals surface area contributed by atoms with E-state index in [2.05, 4.69) is 10.0 Å². The highest BCUT2D eigenvalue weighted by Crippen LogP contribution is 2.26. The molecule has 2 aromatic carbocycles. The number of amides is 1. The molecule has 2 aromatic rings. The van der Waals surface area contributed by atoms with Crippen molar-refractivity contribution in [3.8, 4) is 0 Å². The fraction of sp³-hybridized carbons (Fsp3) is 0.350. The van der Waals surface area contributed by atoms with E-state index in [1.165, 1.54) is 12.1 Å². The van der Waals surface area contributed by atoms with Gasteiger partial charge in [0.25, 0.3) is 10.0 Å². The van der Waals surface area contributed by atoms with Crippen LogP contribution >= 0.6 is 0 Å². The number of carbonyl (C=O) groups excluding carboxylic acids is 1. The zero-order chi connectivity index (χ0) is 19.3. The van der Waals surface area contributed by atoms with E-state index >= 15 is 0 Å². The molecule has 27 heavy (non-hydrogen) atoms. The molecule has 6 nitrogen and oxygen atoms in total. The molecule has 0 bridgehead atoms. The van der Waals surface area contributed by atoms with Gasteiger partial charge in [-0.05, 0) is 36.6 Å². The first kappa shape index (κ1) is 19.4. The topological polar surface area (TPSA) is 101 Å². The van der Waals surface area contributed by atoms with Gasteiger partial charge in [-0.25, -0.2) is 8.42 Å². The van der Waals surface area contributed by atoms with Crippen LogP contribution in [0, 0.1) is 0 Å². The number of para-hydroxylation sites is 1. The van der Waals surface area contributed by atoms with E-state index in [1.807, 2.05) is 0 Å². The monoisotopic (exact) mass is 387 g/mol. The summed E-state index contributed by atoms with van der Waals surface area (Å²) in [6, 6.07) is 15.2. The van der Waals surface area contributed by atoms with Gasteiger partial charge in [-0.15, -0.1) is 0 Å². The van der Waals surface area contributed by atoms with Crippen molar-refractivity contribution in [3.63, 3.8) is 0 Å². The van der Waals surface area contributed by atoms with Gasteiger partial charge in [-0.1, -0.05) is 55.7 Å². The summed E-state index contributed by atoms with van der Waals surface area (Å²) in [7, 11) is -3.69. The van der Waals surface area contributed by atoms with Gasteiger partial charge in [0.1, 0.15) is 0 Å². The van der Waals surface area contributed by atoms with Crippen molar-refractivity contribution in [1.82, 2.24) is 5.32 Å². The number of benzene rings is 2. The van der Waals surface area contributed by atoms with E-state index in [-0.39, 0.29) is 17.3 Å². The van der Waals surface area contributed by atoms with Crippen LogP contribution in [0.1, 0.15) is 37.7 Å². The maximum absolute atomic E-state index is 12.6. The highest BCUT2D eigenvalue weighted by atomic mass is 32.2. The van der Waals surface area contributed by atoms with Crippen molar-refractivity contribution in [2.45, 2.75) is 49.1 Å². The summed E-state index contributed by atoms with van der Waals surface area (Å²) >= 11 is 0. The van der Waals surface area contributed by atoms with E-state index in [4.69, 9.17) is 5.73 Å². The Kier molecular flexibility index (Phi) is 5.82. The Labute approximate surface area is 160 Å². The summed E-state index contributed by atoms with van der Waals surface area (Å²) in [5.41, 5.74) is 6.56. The molecular weight excluding hydrogens is 362 g/mol. The van der Waals surface area contributed by atoms with Crippen LogP contribution in [-0.2, 0) is 21.4 Å². The molecule has 3 rings (SSSR count). The lowest BCUT2D eigenvalue weighted by molar-refractivity contribution is -0.127. The van der Waals surface area contributed by atoms with Crippen LogP contribution in [0.4, 0.5) is 5.69 Å². The number of rotatable bonds is 6. The van der Waals surface area contributed by atoms with Crippen molar-refractivity contribution in [2.75, 3.05) is 4.72 Å². The minimum absolute atomic E-state index is 0.178. The van der Waals surface area contributed by atoms with E-state index in [1.54, 1.807) is 42.5 Å². The van der Waals surface area contributed by atoms with E-state index in [0.29, 0.717) is 24.1 Å². The molecule has 0 atom stereocenters. The second kappa shape index (κ2) is 8.10. The Morgan fingerprint density at radius 3 is 2.30 bits per heavy atom. The SMILES string of the molecule is NC1(C(=O)NCc2ccccc2NS(=O)(=O)c2ccccc2)CCCCC1. The van der Waals surface area contributed by atoms with E-state index in [0.717, 1.165) is 19.3 Å². The quantitative estimate of drug-likeness (QED) is 0.709. The van der Waals surface area contributed by atoms with Gasteiger partial charge in [-0.2, -0.15) is 0 Å². The average Bonchev–Trinajstić information content (AvgIpc) is 2.68. The van der Waals surface area contributed by atoms with Crippen LogP contribution in [0.2, 0.25) is 0 Å². The lowest BCUT2D eigenvalue weighted by Gasteiger charge is -2.31. The van der Waals surface area contributed by atoms with Crippen LogP contribution in [0.3, 0.4) is 0 Å². The molecule has 0 saturated heterocycles. The molecule has 0 spiro atoms. The summed E-state index contributed by atoms with van der Waals surface area (Å²) in [4.78, 5) is 12.7. The number of nitrogens with two attached hydrogens (primary N) is 1. The molecule has 1 amide bonds. The van der Waals surface area contributed by atoms with E-state index in [9.17, 15) is 13.2 Å². The fourth-order valence-corrected chi connectivity index (χ4v) is 4.46. The lowest BCUT2D eigenvalue weighted by atomic mass is 9.82. The molecule has 0 aromatic heterocycles. The predicted molar refractivity (Wildman–Crippen MR) is 106 cm³/mol. The lowest BCUT2D eigenvalue weighted by Crippen LogP contribution is -2.54. The minimum Gasteiger partial charge on any atom is -0.350 e. The van der Waals surface area contributed by atoms with Crippen molar-refractivity contribution in [2.24, 2.45) is 5.73 Å². The van der Waals surface area contributed by atoms with Crippen LogP contribution < -0.4 is 15.8 Å². The van der Waals surface area contributed by atoms with Crippen LogP contribution in [0.15, 0.2) is 59.5 Å². The molecule has 0 aliphatic heterocycles. The summed E-state index contributed by atoms with van der Waals surface area (Å²) in [6.45, 7) is 0.214. The Bertz CT molecular complexity index is 892. The first-order valence-corrected chi connectivity index (χ1v) is 10.6. The Balaban J connectivity index is 1.72. The largest absolute Gasteiger partial charge is 0.350 e. The Morgan fingerprint density at radius 1 is 0.963 bits per heavy atom. The van der Waals surface area contributed by atoms with Crippen LogP contribution in [-0.4, -0.2) is 19.9 Å². The van der Waals surface area contributed by atoms with Gasteiger partial charge in [0.15, 0.2) is 0 Å². The number of carbonyl (C=O) groups is 1. The third-order valence-electron chi connectivity index (χ3n) is 4.95. The molecule has 1 aliphatic carbocycles. The second-order valence-electron chi connectivity index (χ2n) is 6.98. The molecule has 0 heterocycles. The average molecular weight is 388 g/mol. The van der Waals surface area contributed by atoms with Crippen molar-refractivity contribution >= 4 is 21.6 Å². The Morgan fingerprint density at radius 2 is 1.59 bits per heavy atom. The summed E-state index contributed by atoms with van der Waals surface area (Å²) in [5, 5.41) is 2.88. The van der Waals surface area contributed by atoms with Crippen LogP contribution in [0.25, 0.3) is 0 Å². The fourth-order valence-electron chi connectivity index (χ4n) is 3.34. The molecule has 1 saturated carbocycles. The van der Waals surface area contributed by atoms with Crippen molar-refractivity contribution in [3.05, 3.63) is 60.2 Å². The first-order valence-electron chi connectivity index (χ1n) is 9.14. The summed E-state index contributed by atoms with van der Waals surface area (Å²) < 4.78 is 27.7. The smallest absolute Gasteiger partial charge is 0.261 e. The maximum Gasteiger partial charge on any atom is 0.261 e. The van der Waals surface area contributed by atoms with Gasteiger partial charge < -0.3 is 11.1 Å². The molecule has 7 heteroatoms. The standard InChI is InChI=1S/C20H25N3O3S/c21-20(13-7-2-8-14-20)19(24)22-15-16-9-5-6-12-18(16)23-27(25,26)17-10-3-1-4-11-17/h1,3-6,9-12,23H,2,7-8,13-15,21H2,(H,22,24). The molecule has 0 radical (unpaired) electrons. The zero-order valence-corrected chi connectivity index (χ0v) is 16.0. The number of hydrogen-bond donors (Lipinski definition) is 3. The first-order chi connectivity index (χ1) is 12.9. The summed E-state index contributed by atoms with van der Waals surface area (Å²) in [6.07, 6.45) is 4.38. The molecule has 1 aliphatic rings. The number of nitrogens with one attached hydrogen (secondary N) is 2. The third kappa shape index (κ3) is 4.67. The molecule has 1 fully saturated rings. The number of anilines is 1. The van der Waals surface area contributed by atoms with Crippen molar-refractivity contribution < 1.29 is 13.2 Å². The van der Waals surface area contributed by atoms with Gasteiger partial charge in [0, 0.05) is 6.54 Å². The van der Waals surface area contributed by atoms with Gasteiger partial charge >= 0.3 is 0 Å². The van der Waals surface area contributed by atoms with Gasteiger partial charge in [0.2, 0.25) is 5.91 Å². The highest BCUT2D eigenvalue weighted by molar-refractivity contribution is 7.92.